The van der Waals surface area contributed by atoms with Gasteiger partial charge in [0, 0.05) is 19.7 Å². The summed E-state index contributed by atoms with van der Waals surface area (Å²) < 4.78 is 9.21. The van der Waals surface area contributed by atoms with E-state index < -0.39 is 0 Å². The van der Waals surface area contributed by atoms with Crippen LogP contribution in [0.4, 0.5) is 0 Å². The highest BCUT2D eigenvalue weighted by Crippen LogP contribution is 2.17. The zero-order valence-electron chi connectivity index (χ0n) is 12.5. The maximum atomic E-state index is 11.9. The number of aryl methyl sites for hydroxylation is 2. The lowest BCUT2D eigenvalue weighted by molar-refractivity contribution is -0.130. The number of carbonyl (C=O) groups excluding carboxylic acids is 1. The summed E-state index contributed by atoms with van der Waals surface area (Å²) in [6, 6.07) is 0. The molecule has 3 heterocycles. The Morgan fingerprint density at radius 2 is 2.38 bits per heavy atom. The lowest BCUT2D eigenvalue weighted by Gasteiger charge is -2.10. The Labute approximate surface area is 123 Å². The van der Waals surface area contributed by atoms with Gasteiger partial charge in [-0.1, -0.05) is 0 Å². The van der Waals surface area contributed by atoms with Crippen LogP contribution in [0.25, 0.3) is 11.0 Å². The first-order valence-corrected chi connectivity index (χ1v) is 7.49. The van der Waals surface area contributed by atoms with Gasteiger partial charge in [-0.25, -0.2) is 0 Å². The second-order valence-electron chi connectivity index (χ2n) is 5.30. The van der Waals surface area contributed by atoms with Gasteiger partial charge < -0.3 is 10.1 Å². The van der Waals surface area contributed by atoms with Gasteiger partial charge in [0.1, 0.15) is 17.1 Å². The summed E-state index contributed by atoms with van der Waals surface area (Å²) in [4.78, 5) is 11.9. The topological polar surface area (TPSA) is 74.0 Å². The third-order valence-electron chi connectivity index (χ3n) is 3.86. The number of nitrogens with zero attached hydrogens (tertiary/aromatic N) is 4. The van der Waals surface area contributed by atoms with Crippen LogP contribution in [0.1, 0.15) is 25.5 Å². The van der Waals surface area contributed by atoms with Crippen LogP contribution >= 0.6 is 0 Å². The van der Waals surface area contributed by atoms with Crippen molar-refractivity contribution in [2.24, 2.45) is 0 Å². The molecule has 1 N–H and O–H groups in total. The summed E-state index contributed by atoms with van der Waals surface area (Å²) in [5.74, 6) is -0.0168. The van der Waals surface area contributed by atoms with Gasteiger partial charge in [-0.05, 0) is 26.7 Å². The molecule has 1 amide bonds. The highest BCUT2D eigenvalue weighted by Gasteiger charge is 2.23. The van der Waals surface area contributed by atoms with Crippen molar-refractivity contribution in [3.8, 4) is 0 Å². The average Bonchev–Trinajstić information content (AvgIpc) is 3.18. The van der Waals surface area contributed by atoms with Crippen LogP contribution in [0.5, 0.6) is 0 Å². The third kappa shape index (κ3) is 2.65. The first-order valence-electron chi connectivity index (χ1n) is 7.49. The van der Waals surface area contributed by atoms with E-state index in [0.29, 0.717) is 19.7 Å². The van der Waals surface area contributed by atoms with E-state index in [1.165, 1.54) is 0 Å². The van der Waals surface area contributed by atoms with E-state index in [0.717, 1.165) is 36.1 Å². The number of amides is 1. The van der Waals surface area contributed by atoms with E-state index in [1.807, 2.05) is 22.5 Å². The first-order chi connectivity index (χ1) is 10.2. The molecule has 7 heteroatoms. The summed E-state index contributed by atoms with van der Waals surface area (Å²) in [6.07, 6.45) is 3.35. The van der Waals surface area contributed by atoms with Gasteiger partial charge in [0.25, 0.3) is 0 Å². The lowest BCUT2D eigenvalue weighted by Crippen LogP contribution is -2.36. The second-order valence-corrected chi connectivity index (χ2v) is 5.30. The van der Waals surface area contributed by atoms with Gasteiger partial charge >= 0.3 is 0 Å². The summed E-state index contributed by atoms with van der Waals surface area (Å²) >= 11 is 0. The molecule has 1 unspecified atom stereocenters. The summed E-state index contributed by atoms with van der Waals surface area (Å²) in [5.41, 5.74) is 3.05. The van der Waals surface area contributed by atoms with Gasteiger partial charge in [-0.15, -0.1) is 0 Å². The number of aromatic nitrogens is 4. The quantitative estimate of drug-likeness (QED) is 0.886. The van der Waals surface area contributed by atoms with Crippen molar-refractivity contribution in [3.63, 3.8) is 0 Å². The SMILES string of the molecule is CCn1nc(C)c2c1cnn2CCNC(=O)C1CCCO1. The van der Waals surface area contributed by atoms with Crippen molar-refractivity contribution in [2.75, 3.05) is 13.2 Å². The maximum absolute atomic E-state index is 11.9. The standard InChI is InChI=1S/C14H21N5O2/c1-3-18-11-9-16-19(13(11)10(2)17-18)7-6-15-14(20)12-5-4-8-21-12/h9,12H,3-8H2,1-2H3,(H,15,20). The molecule has 3 rings (SSSR count). The number of ether oxygens (including phenoxy) is 1. The van der Waals surface area contributed by atoms with Crippen molar-refractivity contribution in [1.82, 2.24) is 24.9 Å². The summed E-state index contributed by atoms with van der Waals surface area (Å²) in [7, 11) is 0. The Bertz CT molecular complexity index is 639. The second kappa shape index (κ2) is 5.85. The van der Waals surface area contributed by atoms with Crippen molar-refractivity contribution in [2.45, 2.75) is 45.9 Å². The van der Waals surface area contributed by atoms with Crippen molar-refractivity contribution in [1.29, 1.82) is 0 Å². The van der Waals surface area contributed by atoms with Gasteiger partial charge in [-0.3, -0.25) is 14.2 Å². The van der Waals surface area contributed by atoms with Crippen LogP contribution in [0.2, 0.25) is 0 Å². The van der Waals surface area contributed by atoms with Crippen molar-refractivity contribution in [3.05, 3.63) is 11.9 Å². The molecule has 1 saturated heterocycles. The Hall–Kier alpha value is -1.89. The van der Waals surface area contributed by atoms with Gasteiger partial charge in [0.05, 0.1) is 18.4 Å². The monoisotopic (exact) mass is 291 g/mol. The van der Waals surface area contributed by atoms with Gasteiger partial charge in [0.2, 0.25) is 5.91 Å². The van der Waals surface area contributed by atoms with Crippen LogP contribution < -0.4 is 5.32 Å². The van der Waals surface area contributed by atoms with Crippen LogP contribution in [0.15, 0.2) is 6.20 Å². The van der Waals surface area contributed by atoms with E-state index in [9.17, 15) is 4.79 Å². The van der Waals surface area contributed by atoms with Crippen molar-refractivity contribution >= 4 is 16.9 Å². The predicted molar refractivity (Wildman–Crippen MR) is 77.9 cm³/mol. The average molecular weight is 291 g/mol. The maximum Gasteiger partial charge on any atom is 0.249 e. The van der Waals surface area contributed by atoms with Crippen LogP contribution in [0, 0.1) is 6.92 Å². The van der Waals surface area contributed by atoms with Crippen molar-refractivity contribution < 1.29 is 9.53 Å². The predicted octanol–water partition coefficient (Wildman–Crippen LogP) is 0.856. The molecule has 1 aliphatic heterocycles. The zero-order valence-corrected chi connectivity index (χ0v) is 12.5. The zero-order chi connectivity index (χ0) is 14.8. The largest absolute Gasteiger partial charge is 0.368 e. The number of nitrogens with one attached hydrogen (secondary N) is 1. The number of fused-ring (bicyclic) bond motifs is 1. The van der Waals surface area contributed by atoms with Crippen LogP contribution in [0.3, 0.4) is 0 Å². The summed E-state index contributed by atoms with van der Waals surface area (Å²) in [5, 5.41) is 11.8. The molecular weight excluding hydrogens is 270 g/mol. The molecule has 2 aromatic rings. The third-order valence-corrected chi connectivity index (χ3v) is 3.86. The Morgan fingerprint density at radius 3 is 3.10 bits per heavy atom. The highest BCUT2D eigenvalue weighted by molar-refractivity contribution is 5.81. The molecule has 1 aliphatic rings. The minimum absolute atomic E-state index is 0.0168. The molecule has 1 fully saturated rings. The Kier molecular flexibility index (Phi) is 3.92. The normalized spacial score (nSPS) is 18.5. The fourth-order valence-corrected chi connectivity index (χ4v) is 2.81. The molecule has 0 saturated carbocycles. The Morgan fingerprint density at radius 1 is 1.52 bits per heavy atom. The molecule has 0 bridgehead atoms. The van der Waals surface area contributed by atoms with E-state index in [-0.39, 0.29) is 12.0 Å². The molecule has 0 aromatic carbocycles. The van der Waals surface area contributed by atoms with E-state index in [2.05, 4.69) is 22.4 Å². The van der Waals surface area contributed by atoms with Gasteiger partial charge in [0.15, 0.2) is 0 Å². The molecule has 2 aromatic heterocycles. The summed E-state index contributed by atoms with van der Waals surface area (Å²) in [6.45, 7) is 6.74. The molecule has 0 spiro atoms. The molecule has 0 aliphatic carbocycles. The Balaban J connectivity index is 1.63. The number of hydrogen-bond donors (Lipinski definition) is 1. The van der Waals surface area contributed by atoms with Gasteiger partial charge in [-0.2, -0.15) is 10.2 Å². The van der Waals surface area contributed by atoms with Crippen LogP contribution in [-0.2, 0) is 22.6 Å². The molecule has 1 atom stereocenters. The fraction of sp³-hybridized carbons (Fsp3) is 0.643. The minimum atomic E-state index is -0.271. The first kappa shape index (κ1) is 14.1. The number of carbonyl (C=O) groups is 1. The van der Waals surface area contributed by atoms with E-state index >= 15 is 0 Å². The highest BCUT2D eigenvalue weighted by atomic mass is 16.5. The molecular formula is C14H21N5O2. The minimum Gasteiger partial charge on any atom is -0.368 e. The number of hydrogen-bond acceptors (Lipinski definition) is 4. The smallest absolute Gasteiger partial charge is 0.249 e. The molecule has 21 heavy (non-hydrogen) atoms. The molecule has 114 valence electrons. The van der Waals surface area contributed by atoms with E-state index in [1.54, 1.807) is 0 Å². The van der Waals surface area contributed by atoms with Crippen LogP contribution in [-0.4, -0.2) is 44.7 Å². The fourth-order valence-electron chi connectivity index (χ4n) is 2.81. The van der Waals surface area contributed by atoms with E-state index in [4.69, 9.17) is 4.74 Å². The molecule has 7 nitrogen and oxygen atoms in total. The lowest BCUT2D eigenvalue weighted by atomic mass is 10.2. The number of rotatable bonds is 5. The molecule has 0 radical (unpaired) electrons.